The van der Waals surface area contributed by atoms with Gasteiger partial charge in [-0.05, 0) is 47.7 Å². The molecule has 7 heteroatoms. The summed E-state index contributed by atoms with van der Waals surface area (Å²) in [5, 5.41) is 14.7. The van der Waals surface area contributed by atoms with Gasteiger partial charge < -0.3 is 10.6 Å². The maximum atomic E-state index is 12.2. The van der Waals surface area contributed by atoms with Crippen molar-refractivity contribution in [3.05, 3.63) is 34.5 Å². The van der Waals surface area contributed by atoms with E-state index in [9.17, 15) is 4.79 Å². The molecule has 0 bridgehead atoms. The number of carbonyl (C=O) groups excluding carboxylic acids is 1. The monoisotopic (exact) mass is 319 g/mol. The second kappa shape index (κ2) is 7.02. The highest BCUT2D eigenvalue weighted by molar-refractivity contribution is 7.07. The van der Waals surface area contributed by atoms with E-state index >= 15 is 0 Å². The predicted octanol–water partition coefficient (Wildman–Crippen LogP) is 1.80. The number of nitrogens with one attached hydrogen (secondary N) is 2. The van der Waals surface area contributed by atoms with E-state index in [1.807, 2.05) is 4.68 Å². The maximum Gasteiger partial charge on any atom is 0.290 e. The van der Waals surface area contributed by atoms with Gasteiger partial charge in [0.25, 0.3) is 5.91 Å². The van der Waals surface area contributed by atoms with Gasteiger partial charge in [-0.1, -0.05) is 6.92 Å². The first-order valence-corrected chi connectivity index (χ1v) is 8.60. The molecule has 6 nitrogen and oxygen atoms in total. The molecule has 1 amide bonds. The highest BCUT2D eigenvalue weighted by Crippen LogP contribution is 2.17. The third-order valence-electron chi connectivity index (χ3n) is 4.04. The quantitative estimate of drug-likeness (QED) is 0.881. The van der Waals surface area contributed by atoms with Gasteiger partial charge in [-0.25, -0.2) is 9.67 Å². The highest BCUT2D eigenvalue weighted by Gasteiger charge is 2.19. The van der Waals surface area contributed by atoms with Crippen LogP contribution in [0.1, 0.15) is 47.9 Å². The molecule has 3 heterocycles. The first-order chi connectivity index (χ1) is 10.7. The number of rotatable bonds is 5. The number of carbonyl (C=O) groups is 1. The van der Waals surface area contributed by atoms with Gasteiger partial charge >= 0.3 is 0 Å². The highest BCUT2D eigenvalue weighted by atomic mass is 32.1. The molecule has 3 rings (SSSR count). The summed E-state index contributed by atoms with van der Waals surface area (Å²) in [6, 6.07) is 2.39. The summed E-state index contributed by atoms with van der Waals surface area (Å²) in [7, 11) is 0. The van der Waals surface area contributed by atoms with Crippen LogP contribution in [0.25, 0.3) is 0 Å². The Morgan fingerprint density at radius 3 is 3.27 bits per heavy atom. The number of amides is 1. The molecule has 1 aliphatic heterocycles. The minimum absolute atomic E-state index is 0.204. The molecule has 1 saturated heterocycles. The molecular formula is C15H21N5OS. The van der Waals surface area contributed by atoms with E-state index < -0.39 is 0 Å². The molecule has 0 unspecified atom stereocenters. The zero-order valence-electron chi connectivity index (χ0n) is 12.7. The molecule has 2 aromatic heterocycles. The van der Waals surface area contributed by atoms with Crippen molar-refractivity contribution >= 4 is 17.2 Å². The second-order valence-electron chi connectivity index (χ2n) is 5.72. The number of nitrogens with zero attached hydrogens (tertiary/aromatic N) is 3. The molecule has 2 atom stereocenters. The van der Waals surface area contributed by atoms with E-state index in [0.29, 0.717) is 18.5 Å². The molecule has 0 radical (unpaired) electrons. The third kappa shape index (κ3) is 3.53. The predicted molar refractivity (Wildman–Crippen MR) is 86.2 cm³/mol. The van der Waals surface area contributed by atoms with E-state index in [2.05, 4.69) is 44.5 Å². The lowest BCUT2D eigenvalue weighted by Crippen LogP contribution is -2.32. The van der Waals surface area contributed by atoms with E-state index in [1.165, 1.54) is 5.56 Å². The van der Waals surface area contributed by atoms with Crippen molar-refractivity contribution in [2.45, 2.75) is 31.7 Å². The average Bonchev–Trinajstić information content (AvgIpc) is 3.24. The van der Waals surface area contributed by atoms with Gasteiger partial charge in [-0.3, -0.25) is 4.79 Å². The molecule has 2 aromatic rings. The van der Waals surface area contributed by atoms with Crippen LogP contribution >= 0.6 is 11.3 Å². The Bertz CT molecular complexity index is 603. The molecule has 118 valence electrons. The normalized spacial score (nSPS) is 19.8. The molecule has 1 aliphatic rings. The van der Waals surface area contributed by atoms with E-state index in [1.54, 1.807) is 17.7 Å². The van der Waals surface area contributed by atoms with Gasteiger partial charge in [-0.2, -0.15) is 11.3 Å². The molecule has 0 saturated carbocycles. The summed E-state index contributed by atoms with van der Waals surface area (Å²) in [5.74, 6) is 0.340. The zero-order chi connectivity index (χ0) is 15.4. The van der Waals surface area contributed by atoms with Crippen LogP contribution in [0, 0.1) is 0 Å². The van der Waals surface area contributed by atoms with Crippen molar-refractivity contribution in [2.24, 2.45) is 0 Å². The van der Waals surface area contributed by atoms with Crippen LogP contribution in [-0.2, 0) is 0 Å². The summed E-state index contributed by atoms with van der Waals surface area (Å²) in [6.45, 7) is 4.63. The van der Waals surface area contributed by atoms with Crippen molar-refractivity contribution in [3.63, 3.8) is 0 Å². The fourth-order valence-electron chi connectivity index (χ4n) is 2.61. The maximum absolute atomic E-state index is 12.2. The standard InChI is InChI=1S/C15H21N5OS/c1-11(12-4-6-22-9-12)7-17-15(21)14-18-10-20(19-14)13-3-2-5-16-8-13/h4,6,9-11,13,16H,2-3,5,7-8H2,1H3,(H,17,21)/t11-,13-/m1/s1. The van der Waals surface area contributed by atoms with Crippen molar-refractivity contribution in [2.75, 3.05) is 19.6 Å². The number of hydrogen-bond acceptors (Lipinski definition) is 5. The molecular weight excluding hydrogens is 298 g/mol. The Morgan fingerprint density at radius 2 is 2.55 bits per heavy atom. The lowest BCUT2D eigenvalue weighted by atomic mass is 10.1. The zero-order valence-corrected chi connectivity index (χ0v) is 13.5. The summed E-state index contributed by atoms with van der Waals surface area (Å²) < 4.78 is 1.81. The number of piperidine rings is 1. The van der Waals surface area contributed by atoms with E-state index in [-0.39, 0.29) is 11.7 Å². The number of thiophene rings is 1. The fraction of sp³-hybridized carbons (Fsp3) is 0.533. The lowest BCUT2D eigenvalue weighted by molar-refractivity contribution is 0.0940. The minimum Gasteiger partial charge on any atom is -0.349 e. The van der Waals surface area contributed by atoms with E-state index in [0.717, 1.165) is 25.9 Å². The fourth-order valence-corrected chi connectivity index (χ4v) is 3.39. The summed E-state index contributed by atoms with van der Waals surface area (Å²) >= 11 is 1.67. The molecule has 0 spiro atoms. The van der Waals surface area contributed by atoms with E-state index in [4.69, 9.17) is 0 Å². The minimum atomic E-state index is -0.204. The van der Waals surface area contributed by atoms with Crippen LogP contribution in [0.15, 0.2) is 23.2 Å². The SMILES string of the molecule is C[C@H](CNC(=O)c1ncn([C@@H]2CCCNC2)n1)c1ccsc1. The van der Waals surface area contributed by atoms with Crippen molar-refractivity contribution in [1.82, 2.24) is 25.4 Å². The van der Waals surface area contributed by atoms with Gasteiger partial charge in [0.05, 0.1) is 6.04 Å². The number of aromatic nitrogens is 3. The molecule has 1 fully saturated rings. The second-order valence-corrected chi connectivity index (χ2v) is 6.50. The van der Waals surface area contributed by atoms with Crippen LogP contribution in [0.3, 0.4) is 0 Å². The van der Waals surface area contributed by atoms with Crippen molar-refractivity contribution < 1.29 is 4.79 Å². The Hall–Kier alpha value is -1.73. The van der Waals surface area contributed by atoms with Crippen LogP contribution < -0.4 is 10.6 Å². The Morgan fingerprint density at radius 1 is 1.64 bits per heavy atom. The van der Waals surface area contributed by atoms with Gasteiger partial charge in [0.2, 0.25) is 5.82 Å². The summed E-state index contributed by atoms with van der Waals surface area (Å²) in [6.07, 6.45) is 3.87. The van der Waals surface area contributed by atoms with Crippen LogP contribution in [-0.4, -0.2) is 40.3 Å². The van der Waals surface area contributed by atoms with Crippen LogP contribution in [0.2, 0.25) is 0 Å². The van der Waals surface area contributed by atoms with Gasteiger partial charge in [0.15, 0.2) is 0 Å². The molecule has 22 heavy (non-hydrogen) atoms. The summed E-state index contributed by atoms with van der Waals surface area (Å²) in [4.78, 5) is 16.3. The molecule has 2 N–H and O–H groups in total. The Balaban J connectivity index is 1.55. The Labute approximate surface area is 133 Å². The largest absolute Gasteiger partial charge is 0.349 e. The first-order valence-electron chi connectivity index (χ1n) is 7.66. The van der Waals surface area contributed by atoms with Crippen molar-refractivity contribution in [1.29, 1.82) is 0 Å². The molecule has 0 aromatic carbocycles. The van der Waals surface area contributed by atoms with Gasteiger partial charge in [-0.15, -0.1) is 5.10 Å². The van der Waals surface area contributed by atoms with Gasteiger partial charge in [0, 0.05) is 13.1 Å². The Kier molecular flexibility index (Phi) is 4.84. The summed E-state index contributed by atoms with van der Waals surface area (Å²) in [5.41, 5.74) is 1.25. The van der Waals surface area contributed by atoms with Gasteiger partial charge in [0.1, 0.15) is 6.33 Å². The smallest absolute Gasteiger partial charge is 0.290 e. The topological polar surface area (TPSA) is 71.8 Å². The molecule has 0 aliphatic carbocycles. The lowest BCUT2D eigenvalue weighted by Gasteiger charge is -2.22. The van der Waals surface area contributed by atoms with Crippen LogP contribution in [0.4, 0.5) is 0 Å². The number of hydrogen-bond donors (Lipinski definition) is 2. The van der Waals surface area contributed by atoms with Crippen molar-refractivity contribution in [3.8, 4) is 0 Å². The third-order valence-corrected chi connectivity index (χ3v) is 4.74. The first kappa shape index (κ1) is 15.2. The average molecular weight is 319 g/mol. The van der Waals surface area contributed by atoms with Crippen LogP contribution in [0.5, 0.6) is 0 Å².